The summed E-state index contributed by atoms with van der Waals surface area (Å²) in [7, 11) is 0. The quantitative estimate of drug-likeness (QED) is 0.474. The second-order valence-corrected chi connectivity index (χ2v) is 3.12. The highest BCUT2D eigenvalue weighted by atomic mass is 32.1. The third kappa shape index (κ3) is 0.831. The number of aromatic hydroxyl groups is 1. The highest BCUT2D eigenvalue weighted by Crippen LogP contribution is 2.30. The molecule has 3 N–H and O–H groups in total. The fraction of sp³-hybridized carbons (Fsp3) is 0.143. The van der Waals surface area contributed by atoms with Gasteiger partial charge >= 0.3 is 0 Å². The molecule has 2 aromatic rings. The molecular formula is C7H7N3OS. The van der Waals surface area contributed by atoms with Crippen molar-refractivity contribution in [3.05, 3.63) is 11.6 Å². The zero-order valence-electron chi connectivity index (χ0n) is 6.40. The van der Waals surface area contributed by atoms with Crippen LogP contribution in [0.4, 0.5) is 5.69 Å². The monoisotopic (exact) mass is 181 g/mol. The van der Waals surface area contributed by atoms with Crippen LogP contribution in [0.1, 0.15) is 5.56 Å². The molecule has 62 valence electrons. The van der Waals surface area contributed by atoms with Gasteiger partial charge in [-0.05, 0) is 18.6 Å². The van der Waals surface area contributed by atoms with E-state index in [2.05, 4.69) is 8.75 Å². The number of nitrogens with two attached hydrogens (primary N) is 1. The van der Waals surface area contributed by atoms with E-state index in [0.717, 1.165) is 17.3 Å². The number of hydrogen-bond donors (Lipinski definition) is 2. The maximum Gasteiger partial charge on any atom is 0.148 e. The first-order valence-corrected chi connectivity index (χ1v) is 4.13. The van der Waals surface area contributed by atoms with Gasteiger partial charge in [0.1, 0.15) is 16.8 Å². The smallest absolute Gasteiger partial charge is 0.148 e. The van der Waals surface area contributed by atoms with Crippen LogP contribution in [-0.4, -0.2) is 13.9 Å². The number of phenolic OH excluding ortho intramolecular Hbond substituents is 1. The van der Waals surface area contributed by atoms with Crippen molar-refractivity contribution in [3.63, 3.8) is 0 Å². The highest BCUT2D eigenvalue weighted by Gasteiger charge is 2.09. The number of aryl methyl sites for hydroxylation is 1. The number of phenols is 1. The summed E-state index contributed by atoms with van der Waals surface area (Å²) in [4.78, 5) is 0. The van der Waals surface area contributed by atoms with Crippen molar-refractivity contribution < 1.29 is 5.11 Å². The third-order valence-corrected chi connectivity index (χ3v) is 2.26. The van der Waals surface area contributed by atoms with Crippen LogP contribution in [0.5, 0.6) is 5.75 Å². The number of fused-ring (bicyclic) bond motifs is 1. The summed E-state index contributed by atoms with van der Waals surface area (Å²) < 4.78 is 7.91. The fourth-order valence-electron chi connectivity index (χ4n) is 1.09. The second-order valence-electron chi connectivity index (χ2n) is 2.59. The molecule has 0 aliphatic carbocycles. The number of hydrogen-bond acceptors (Lipinski definition) is 5. The van der Waals surface area contributed by atoms with Gasteiger partial charge in [0, 0.05) is 0 Å². The Hall–Kier alpha value is -1.36. The first-order valence-electron chi connectivity index (χ1n) is 3.40. The molecule has 0 bridgehead atoms. The molecule has 2 rings (SSSR count). The molecule has 1 aromatic heterocycles. The molecule has 1 aromatic carbocycles. The number of aromatic nitrogens is 2. The van der Waals surface area contributed by atoms with Crippen LogP contribution in [0, 0.1) is 6.92 Å². The van der Waals surface area contributed by atoms with E-state index < -0.39 is 0 Å². The van der Waals surface area contributed by atoms with Gasteiger partial charge < -0.3 is 10.8 Å². The van der Waals surface area contributed by atoms with E-state index in [1.54, 1.807) is 13.0 Å². The van der Waals surface area contributed by atoms with Gasteiger partial charge in [0.15, 0.2) is 0 Å². The summed E-state index contributed by atoms with van der Waals surface area (Å²) in [6.45, 7) is 1.78. The minimum absolute atomic E-state index is 0.174. The Kier molecular flexibility index (Phi) is 1.41. The maximum absolute atomic E-state index is 9.52. The van der Waals surface area contributed by atoms with E-state index in [9.17, 15) is 5.11 Å². The van der Waals surface area contributed by atoms with Crippen molar-refractivity contribution in [3.8, 4) is 5.75 Å². The standard InChI is InChI=1S/C7H7N3OS/c1-3-2-4(8)5-6(7(3)11)10-12-9-5/h2,11H,8H2,1H3. The number of rotatable bonds is 0. The molecule has 4 nitrogen and oxygen atoms in total. The molecule has 12 heavy (non-hydrogen) atoms. The van der Waals surface area contributed by atoms with Crippen LogP contribution in [-0.2, 0) is 0 Å². The molecule has 0 spiro atoms. The van der Waals surface area contributed by atoms with Crippen molar-refractivity contribution >= 4 is 28.4 Å². The number of nitrogens with zero attached hydrogens (tertiary/aromatic N) is 2. The van der Waals surface area contributed by atoms with Crippen molar-refractivity contribution in [2.24, 2.45) is 0 Å². The Labute approximate surface area is 73.0 Å². The zero-order chi connectivity index (χ0) is 8.72. The Morgan fingerprint density at radius 1 is 1.42 bits per heavy atom. The van der Waals surface area contributed by atoms with Gasteiger partial charge in [-0.15, -0.1) is 0 Å². The van der Waals surface area contributed by atoms with E-state index in [0.29, 0.717) is 16.7 Å². The molecule has 0 atom stereocenters. The SMILES string of the molecule is Cc1cc(N)c2nsnc2c1O. The van der Waals surface area contributed by atoms with Crippen LogP contribution in [0.2, 0.25) is 0 Å². The van der Waals surface area contributed by atoms with Gasteiger partial charge in [0.25, 0.3) is 0 Å². The first kappa shape index (κ1) is 7.30. The highest BCUT2D eigenvalue weighted by molar-refractivity contribution is 7.00. The molecule has 0 aliphatic rings. The minimum Gasteiger partial charge on any atom is -0.505 e. The average molecular weight is 181 g/mol. The van der Waals surface area contributed by atoms with Crippen molar-refractivity contribution in [2.75, 3.05) is 5.73 Å². The van der Waals surface area contributed by atoms with E-state index in [4.69, 9.17) is 5.73 Å². The summed E-state index contributed by atoms with van der Waals surface area (Å²) in [5, 5.41) is 9.52. The Balaban J connectivity index is 2.97. The van der Waals surface area contributed by atoms with Gasteiger partial charge in [-0.3, -0.25) is 0 Å². The summed E-state index contributed by atoms with van der Waals surface area (Å²) >= 11 is 1.05. The van der Waals surface area contributed by atoms with Crippen LogP contribution < -0.4 is 5.73 Å². The minimum atomic E-state index is 0.174. The summed E-state index contributed by atoms with van der Waals surface area (Å²) in [6, 6.07) is 1.69. The van der Waals surface area contributed by atoms with E-state index in [1.807, 2.05) is 0 Å². The molecule has 0 unspecified atom stereocenters. The molecule has 0 amide bonds. The lowest BCUT2D eigenvalue weighted by Gasteiger charge is -2.00. The van der Waals surface area contributed by atoms with Gasteiger partial charge in [0.2, 0.25) is 0 Å². The van der Waals surface area contributed by atoms with Gasteiger partial charge in [0.05, 0.1) is 17.4 Å². The third-order valence-electron chi connectivity index (χ3n) is 1.73. The molecular weight excluding hydrogens is 174 g/mol. The molecule has 5 heteroatoms. The molecule has 0 aliphatic heterocycles. The van der Waals surface area contributed by atoms with E-state index >= 15 is 0 Å². The molecule has 0 saturated carbocycles. The summed E-state index contributed by atoms with van der Waals surface area (Å²) in [5.74, 6) is 0.174. The summed E-state index contributed by atoms with van der Waals surface area (Å²) in [6.07, 6.45) is 0. The van der Waals surface area contributed by atoms with Gasteiger partial charge in [-0.2, -0.15) is 8.75 Å². The Morgan fingerprint density at radius 3 is 2.83 bits per heavy atom. The van der Waals surface area contributed by atoms with E-state index in [1.165, 1.54) is 0 Å². The van der Waals surface area contributed by atoms with Crippen molar-refractivity contribution in [1.29, 1.82) is 0 Å². The normalized spacial score (nSPS) is 10.8. The lowest BCUT2D eigenvalue weighted by atomic mass is 10.1. The number of anilines is 1. The largest absolute Gasteiger partial charge is 0.505 e. The van der Waals surface area contributed by atoms with Crippen LogP contribution in [0.3, 0.4) is 0 Å². The lowest BCUT2D eigenvalue weighted by molar-refractivity contribution is 0.476. The second kappa shape index (κ2) is 2.31. The molecule has 0 fully saturated rings. The van der Waals surface area contributed by atoms with Gasteiger partial charge in [-0.25, -0.2) is 0 Å². The Bertz CT molecular complexity index is 437. The van der Waals surface area contributed by atoms with Crippen LogP contribution >= 0.6 is 11.7 Å². The molecule has 1 heterocycles. The maximum atomic E-state index is 9.52. The lowest BCUT2D eigenvalue weighted by Crippen LogP contribution is -1.88. The zero-order valence-corrected chi connectivity index (χ0v) is 7.22. The Morgan fingerprint density at radius 2 is 2.08 bits per heavy atom. The van der Waals surface area contributed by atoms with Crippen molar-refractivity contribution in [2.45, 2.75) is 6.92 Å². The fourth-order valence-corrected chi connectivity index (χ4v) is 1.66. The molecule has 0 radical (unpaired) electrons. The summed E-state index contributed by atoms with van der Waals surface area (Å²) in [5.41, 5.74) is 8.04. The predicted molar refractivity (Wildman–Crippen MR) is 48.2 cm³/mol. The average Bonchev–Trinajstić information content (AvgIpc) is 2.48. The first-order chi connectivity index (χ1) is 5.70. The topological polar surface area (TPSA) is 72.0 Å². The molecule has 0 saturated heterocycles. The van der Waals surface area contributed by atoms with Crippen LogP contribution in [0.15, 0.2) is 6.07 Å². The van der Waals surface area contributed by atoms with Gasteiger partial charge in [-0.1, -0.05) is 0 Å². The number of nitrogen functional groups attached to an aromatic ring is 1. The van der Waals surface area contributed by atoms with E-state index in [-0.39, 0.29) is 5.75 Å². The van der Waals surface area contributed by atoms with Crippen molar-refractivity contribution in [1.82, 2.24) is 8.75 Å². The number of benzene rings is 1. The van der Waals surface area contributed by atoms with Crippen LogP contribution in [0.25, 0.3) is 11.0 Å². The predicted octanol–water partition coefficient (Wildman–Crippen LogP) is 1.29.